The van der Waals surface area contributed by atoms with E-state index in [0.717, 1.165) is 66.7 Å². The number of amides is 1. The quantitative estimate of drug-likeness (QED) is 0.879. The molecule has 6 heteroatoms. The van der Waals surface area contributed by atoms with Crippen LogP contribution in [-0.2, 0) is 24.9 Å². The molecule has 0 saturated carbocycles. The maximum Gasteiger partial charge on any atom is 0.273 e. The van der Waals surface area contributed by atoms with Crippen LogP contribution in [0.25, 0.3) is 0 Å². The maximum atomic E-state index is 12.6. The van der Waals surface area contributed by atoms with Crippen LogP contribution in [0.5, 0.6) is 5.75 Å². The van der Waals surface area contributed by atoms with Gasteiger partial charge in [-0.3, -0.25) is 4.79 Å². The molecule has 4 rings (SSSR count). The van der Waals surface area contributed by atoms with Gasteiger partial charge in [-0.1, -0.05) is 11.2 Å². The number of aromatic nitrogens is 1. The lowest BCUT2D eigenvalue weighted by molar-refractivity contribution is 0.0187. The van der Waals surface area contributed by atoms with Crippen LogP contribution in [0.3, 0.4) is 0 Å². The average Bonchev–Trinajstić information content (AvgIpc) is 3.10. The van der Waals surface area contributed by atoms with Crippen LogP contribution in [0.2, 0.25) is 0 Å². The van der Waals surface area contributed by atoms with Crippen LogP contribution in [0, 0.1) is 0 Å². The van der Waals surface area contributed by atoms with Crippen molar-refractivity contribution < 1.29 is 19.2 Å². The number of methoxy groups -OCH3 is 1. The molecular formula is C20H24N2O4. The van der Waals surface area contributed by atoms with E-state index in [4.69, 9.17) is 9.26 Å². The Hall–Kier alpha value is -2.34. The largest absolute Gasteiger partial charge is 0.497 e. The van der Waals surface area contributed by atoms with E-state index in [1.165, 1.54) is 0 Å². The molecule has 2 aromatic rings. The highest BCUT2D eigenvalue weighted by atomic mass is 16.5. The number of hydrogen-bond acceptors (Lipinski definition) is 5. The van der Waals surface area contributed by atoms with E-state index in [-0.39, 0.29) is 12.5 Å². The zero-order valence-electron chi connectivity index (χ0n) is 15.0. The third-order valence-electron chi connectivity index (χ3n) is 5.56. The van der Waals surface area contributed by atoms with E-state index >= 15 is 0 Å². The van der Waals surface area contributed by atoms with Crippen LogP contribution < -0.4 is 10.1 Å². The fourth-order valence-electron chi connectivity index (χ4n) is 4.12. The predicted octanol–water partition coefficient (Wildman–Crippen LogP) is 2.52. The molecule has 0 radical (unpaired) electrons. The molecule has 26 heavy (non-hydrogen) atoms. The zero-order chi connectivity index (χ0) is 18.1. The van der Waals surface area contributed by atoms with Crippen LogP contribution in [-0.4, -0.2) is 29.8 Å². The van der Waals surface area contributed by atoms with E-state index in [0.29, 0.717) is 12.1 Å². The lowest BCUT2D eigenvalue weighted by Crippen LogP contribution is -2.43. The minimum Gasteiger partial charge on any atom is -0.497 e. The summed E-state index contributed by atoms with van der Waals surface area (Å²) in [7, 11) is 1.63. The van der Waals surface area contributed by atoms with Gasteiger partial charge in [0.25, 0.3) is 5.91 Å². The number of nitrogens with zero attached hydrogens (tertiary/aromatic N) is 1. The topological polar surface area (TPSA) is 84.6 Å². The summed E-state index contributed by atoms with van der Waals surface area (Å²) in [5, 5.41) is 18.0. The number of nitrogens with one attached hydrogen (secondary N) is 1. The number of hydrogen-bond donors (Lipinski definition) is 2. The van der Waals surface area contributed by atoms with E-state index in [1.807, 2.05) is 18.2 Å². The Labute approximate surface area is 152 Å². The highest BCUT2D eigenvalue weighted by molar-refractivity contribution is 5.93. The first kappa shape index (κ1) is 17.1. The summed E-state index contributed by atoms with van der Waals surface area (Å²) in [5.41, 5.74) is 2.17. The third kappa shape index (κ3) is 2.98. The first-order chi connectivity index (χ1) is 12.6. The summed E-state index contributed by atoms with van der Waals surface area (Å²) in [6.07, 6.45) is 6.18. The summed E-state index contributed by atoms with van der Waals surface area (Å²) in [6, 6.07) is 5.72. The van der Waals surface area contributed by atoms with Crippen molar-refractivity contribution >= 4 is 5.91 Å². The SMILES string of the molecule is COc1ccc2c(c1)CCCC2(O)CNC(=O)c1noc2c1CCCC2. The maximum absolute atomic E-state index is 12.6. The van der Waals surface area contributed by atoms with Gasteiger partial charge >= 0.3 is 0 Å². The second-order valence-corrected chi connectivity index (χ2v) is 7.23. The fourth-order valence-corrected chi connectivity index (χ4v) is 4.12. The summed E-state index contributed by atoms with van der Waals surface area (Å²) in [4.78, 5) is 12.6. The van der Waals surface area contributed by atoms with Gasteiger partial charge in [-0.05, 0) is 61.8 Å². The number of aryl methyl sites for hydroxylation is 2. The molecule has 0 fully saturated rings. The summed E-state index contributed by atoms with van der Waals surface area (Å²) in [6.45, 7) is 0.160. The van der Waals surface area contributed by atoms with Crippen LogP contribution in [0.15, 0.2) is 22.7 Å². The third-order valence-corrected chi connectivity index (χ3v) is 5.56. The molecule has 0 bridgehead atoms. The van der Waals surface area contributed by atoms with Gasteiger partial charge in [-0.2, -0.15) is 0 Å². The minimum atomic E-state index is -1.07. The number of carbonyl (C=O) groups is 1. The van der Waals surface area contributed by atoms with Gasteiger partial charge in [0.15, 0.2) is 5.69 Å². The molecule has 2 aliphatic rings. The Bertz CT molecular complexity index is 829. The highest BCUT2D eigenvalue weighted by Gasteiger charge is 2.35. The van der Waals surface area contributed by atoms with E-state index < -0.39 is 5.60 Å². The lowest BCUT2D eigenvalue weighted by Gasteiger charge is -2.34. The van der Waals surface area contributed by atoms with Crippen molar-refractivity contribution in [3.8, 4) is 5.75 Å². The zero-order valence-corrected chi connectivity index (χ0v) is 15.0. The van der Waals surface area contributed by atoms with Crippen LogP contribution in [0.1, 0.15) is 58.6 Å². The first-order valence-electron chi connectivity index (χ1n) is 9.26. The van der Waals surface area contributed by atoms with Crippen molar-refractivity contribution in [2.75, 3.05) is 13.7 Å². The van der Waals surface area contributed by atoms with Crippen LogP contribution in [0.4, 0.5) is 0 Å². The Kier molecular flexibility index (Phi) is 4.44. The van der Waals surface area contributed by atoms with Crippen molar-refractivity contribution in [3.05, 3.63) is 46.3 Å². The Morgan fingerprint density at radius 3 is 3.00 bits per heavy atom. The van der Waals surface area contributed by atoms with Crippen molar-refractivity contribution in [3.63, 3.8) is 0 Å². The van der Waals surface area contributed by atoms with Gasteiger partial charge in [0.2, 0.25) is 0 Å². The molecule has 1 unspecified atom stereocenters. The van der Waals surface area contributed by atoms with Gasteiger partial charge in [0.05, 0.1) is 13.7 Å². The van der Waals surface area contributed by atoms with Crippen molar-refractivity contribution in [2.24, 2.45) is 0 Å². The Balaban J connectivity index is 1.51. The molecule has 0 saturated heterocycles. The molecule has 2 aliphatic carbocycles. The molecule has 1 aromatic carbocycles. The second-order valence-electron chi connectivity index (χ2n) is 7.23. The summed E-state index contributed by atoms with van der Waals surface area (Å²) >= 11 is 0. The minimum absolute atomic E-state index is 0.160. The van der Waals surface area contributed by atoms with Gasteiger partial charge in [0, 0.05) is 12.0 Å². The molecule has 1 atom stereocenters. The van der Waals surface area contributed by atoms with Gasteiger partial charge in [0.1, 0.15) is 17.1 Å². The number of carbonyl (C=O) groups excluding carboxylic acids is 1. The molecule has 0 spiro atoms. The predicted molar refractivity (Wildman–Crippen MR) is 95.3 cm³/mol. The molecule has 1 amide bonds. The summed E-state index contributed by atoms with van der Waals surface area (Å²) < 4.78 is 10.6. The Morgan fingerprint density at radius 2 is 2.15 bits per heavy atom. The normalized spacial score (nSPS) is 21.6. The van der Waals surface area contributed by atoms with Gasteiger partial charge in [-0.15, -0.1) is 0 Å². The Morgan fingerprint density at radius 1 is 1.31 bits per heavy atom. The molecular weight excluding hydrogens is 332 g/mol. The van der Waals surface area contributed by atoms with Gasteiger partial charge < -0.3 is 19.7 Å². The van der Waals surface area contributed by atoms with Crippen molar-refractivity contribution in [1.29, 1.82) is 0 Å². The molecule has 1 heterocycles. The number of benzene rings is 1. The average molecular weight is 356 g/mol. The van der Waals surface area contributed by atoms with E-state index in [2.05, 4.69) is 10.5 Å². The molecule has 0 aliphatic heterocycles. The van der Waals surface area contributed by atoms with E-state index in [1.54, 1.807) is 7.11 Å². The number of ether oxygens (including phenoxy) is 1. The standard InChI is InChI=1S/C20H24N2O4/c1-25-14-8-9-16-13(11-14)5-4-10-20(16,24)12-21-19(23)18-15-6-2-3-7-17(15)26-22-18/h8-9,11,24H,2-7,10,12H2,1H3,(H,21,23). The highest BCUT2D eigenvalue weighted by Crippen LogP contribution is 2.36. The molecule has 2 N–H and O–H groups in total. The lowest BCUT2D eigenvalue weighted by atomic mass is 9.79. The smallest absolute Gasteiger partial charge is 0.273 e. The molecule has 1 aromatic heterocycles. The monoisotopic (exact) mass is 356 g/mol. The summed E-state index contributed by atoms with van der Waals surface area (Å²) in [5.74, 6) is 1.34. The molecule has 138 valence electrons. The number of rotatable bonds is 4. The fraction of sp³-hybridized carbons (Fsp3) is 0.500. The van der Waals surface area contributed by atoms with Crippen molar-refractivity contribution in [2.45, 2.75) is 50.5 Å². The number of fused-ring (bicyclic) bond motifs is 2. The van der Waals surface area contributed by atoms with E-state index in [9.17, 15) is 9.90 Å². The number of aliphatic hydroxyl groups is 1. The molecule has 6 nitrogen and oxygen atoms in total. The van der Waals surface area contributed by atoms with Crippen molar-refractivity contribution in [1.82, 2.24) is 10.5 Å². The second kappa shape index (κ2) is 6.76. The van der Waals surface area contributed by atoms with Crippen LogP contribution >= 0.6 is 0 Å². The van der Waals surface area contributed by atoms with Gasteiger partial charge in [-0.25, -0.2) is 0 Å². The first-order valence-corrected chi connectivity index (χ1v) is 9.26.